The highest BCUT2D eigenvalue weighted by Crippen LogP contribution is 2.26. The zero-order valence-corrected chi connectivity index (χ0v) is 16.7. The van der Waals surface area contributed by atoms with Crippen molar-refractivity contribution >= 4 is 22.7 Å². The third kappa shape index (κ3) is 5.23. The molecule has 2 heterocycles. The number of thioether (sulfide) groups is 1. The molecule has 0 saturated carbocycles. The highest BCUT2D eigenvalue weighted by atomic mass is 32.2. The maximum Gasteiger partial charge on any atom is 0.261 e. The van der Waals surface area contributed by atoms with Crippen LogP contribution >= 0.6 is 11.8 Å². The summed E-state index contributed by atoms with van der Waals surface area (Å²) in [4.78, 5) is 19.5. The first-order chi connectivity index (χ1) is 13.1. The molecule has 148 valence electrons. The molecule has 0 unspecified atom stereocenters. The van der Waals surface area contributed by atoms with Gasteiger partial charge < -0.3 is 14.5 Å². The quantitative estimate of drug-likeness (QED) is 0.724. The van der Waals surface area contributed by atoms with Crippen LogP contribution in [0.1, 0.15) is 45.4 Å². The molecule has 1 fully saturated rings. The van der Waals surface area contributed by atoms with Crippen LogP contribution in [-0.2, 0) is 10.5 Å². The molecule has 5 nitrogen and oxygen atoms in total. The summed E-state index contributed by atoms with van der Waals surface area (Å²) >= 11 is 1.76. The van der Waals surface area contributed by atoms with Gasteiger partial charge in [-0.15, -0.1) is 0 Å². The molecule has 1 saturated heterocycles. The number of benzene rings is 1. The molecule has 0 aliphatic carbocycles. The smallest absolute Gasteiger partial charge is 0.261 e. The molecule has 0 amide bonds. The van der Waals surface area contributed by atoms with Gasteiger partial charge in [0.2, 0.25) is 0 Å². The highest BCUT2D eigenvalue weighted by Gasteiger charge is 2.16. The van der Waals surface area contributed by atoms with E-state index in [1.54, 1.807) is 17.8 Å². The second-order valence-corrected chi connectivity index (χ2v) is 8.22. The van der Waals surface area contributed by atoms with Crippen molar-refractivity contribution in [3.05, 3.63) is 34.1 Å². The standard InChI is InChI=1S/C20H27FN2O3S/c1-3-13(4-2)11-26-14-9-16(21)19-17(10-14)22-18(23-20(19)24)12-27-15-5-7-25-8-6-15/h9-10,13,15H,3-8,11-12H2,1-2H3,(H,22,23,24). The predicted octanol–water partition coefficient (Wildman–Crippen LogP) is 4.29. The van der Waals surface area contributed by atoms with Crippen molar-refractivity contribution in [3.8, 4) is 5.75 Å². The summed E-state index contributed by atoms with van der Waals surface area (Å²) in [6, 6.07) is 2.94. The van der Waals surface area contributed by atoms with Crippen LogP contribution < -0.4 is 10.3 Å². The molecule has 1 aliphatic rings. The van der Waals surface area contributed by atoms with Crippen LogP contribution in [-0.4, -0.2) is 35.0 Å². The van der Waals surface area contributed by atoms with E-state index < -0.39 is 11.4 Å². The number of fused-ring (bicyclic) bond motifs is 1. The molecule has 27 heavy (non-hydrogen) atoms. The normalized spacial score (nSPS) is 15.6. The van der Waals surface area contributed by atoms with Gasteiger partial charge in [-0.05, 0) is 18.8 Å². The predicted molar refractivity (Wildman–Crippen MR) is 107 cm³/mol. The lowest BCUT2D eigenvalue weighted by Gasteiger charge is -2.21. The van der Waals surface area contributed by atoms with Crippen molar-refractivity contribution in [1.82, 2.24) is 9.97 Å². The van der Waals surface area contributed by atoms with E-state index >= 15 is 0 Å². The Kier molecular flexibility index (Phi) is 7.13. The fourth-order valence-electron chi connectivity index (χ4n) is 3.18. The molecule has 1 N–H and O–H groups in total. The first-order valence-electron chi connectivity index (χ1n) is 9.65. The highest BCUT2D eigenvalue weighted by molar-refractivity contribution is 7.99. The molecule has 2 aromatic rings. The van der Waals surface area contributed by atoms with Crippen LogP contribution in [0.4, 0.5) is 4.39 Å². The maximum atomic E-state index is 14.4. The minimum absolute atomic E-state index is 0.00954. The van der Waals surface area contributed by atoms with Crippen molar-refractivity contribution in [2.75, 3.05) is 19.8 Å². The number of hydrogen-bond donors (Lipinski definition) is 1. The van der Waals surface area contributed by atoms with Gasteiger partial charge in [-0.2, -0.15) is 11.8 Å². The summed E-state index contributed by atoms with van der Waals surface area (Å²) in [7, 11) is 0. The summed E-state index contributed by atoms with van der Waals surface area (Å²) < 4.78 is 25.6. The van der Waals surface area contributed by atoms with E-state index in [2.05, 4.69) is 23.8 Å². The summed E-state index contributed by atoms with van der Waals surface area (Å²) in [6.45, 7) is 6.32. The molecule has 3 rings (SSSR count). The molecule has 0 spiro atoms. The van der Waals surface area contributed by atoms with Gasteiger partial charge >= 0.3 is 0 Å². The van der Waals surface area contributed by atoms with Gasteiger partial charge in [0.25, 0.3) is 5.56 Å². The van der Waals surface area contributed by atoms with Crippen LogP contribution in [0.25, 0.3) is 10.9 Å². The number of ether oxygens (including phenoxy) is 2. The fraction of sp³-hybridized carbons (Fsp3) is 0.600. The van der Waals surface area contributed by atoms with Crippen molar-refractivity contribution in [2.45, 2.75) is 50.5 Å². The first kappa shape index (κ1) is 20.1. The number of aromatic nitrogens is 2. The molecule has 0 atom stereocenters. The first-order valence-corrected chi connectivity index (χ1v) is 10.7. The third-order valence-corrected chi connectivity index (χ3v) is 6.43. The molecule has 7 heteroatoms. The van der Waals surface area contributed by atoms with Crippen LogP contribution in [0, 0.1) is 11.7 Å². The van der Waals surface area contributed by atoms with Gasteiger partial charge in [0.1, 0.15) is 22.8 Å². The summed E-state index contributed by atoms with van der Waals surface area (Å²) in [5.74, 6) is 1.43. The molecular weight excluding hydrogens is 367 g/mol. The van der Waals surface area contributed by atoms with Crippen LogP contribution in [0.2, 0.25) is 0 Å². The van der Waals surface area contributed by atoms with E-state index in [-0.39, 0.29) is 5.39 Å². The van der Waals surface area contributed by atoms with E-state index in [0.717, 1.165) is 38.9 Å². The molecule has 1 aromatic carbocycles. The van der Waals surface area contributed by atoms with Gasteiger partial charge in [0, 0.05) is 30.6 Å². The number of hydrogen-bond acceptors (Lipinski definition) is 5. The van der Waals surface area contributed by atoms with Gasteiger partial charge in [0.15, 0.2) is 0 Å². The molecule has 0 bridgehead atoms. The lowest BCUT2D eigenvalue weighted by molar-refractivity contribution is 0.1000. The second kappa shape index (κ2) is 9.55. The summed E-state index contributed by atoms with van der Waals surface area (Å²) in [5.41, 5.74) is -0.0903. The van der Waals surface area contributed by atoms with Gasteiger partial charge in [-0.25, -0.2) is 9.37 Å². The third-order valence-electron chi connectivity index (χ3n) is 5.05. The second-order valence-electron chi connectivity index (χ2n) is 6.93. The fourth-order valence-corrected chi connectivity index (χ4v) is 4.23. The van der Waals surface area contributed by atoms with E-state index in [1.165, 1.54) is 6.07 Å². The Morgan fingerprint density at radius 2 is 2.07 bits per heavy atom. The minimum atomic E-state index is -0.593. The lowest BCUT2D eigenvalue weighted by atomic mass is 10.1. The zero-order valence-electron chi connectivity index (χ0n) is 15.9. The number of rotatable bonds is 8. The lowest BCUT2D eigenvalue weighted by Crippen LogP contribution is -2.18. The van der Waals surface area contributed by atoms with Gasteiger partial charge in [-0.3, -0.25) is 4.79 Å². The van der Waals surface area contributed by atoms with Crippen LogP contribution in [0.15, 0.2) is 16.9 Å². The van der Waals surface area contributed by atoms with Gasteiger partial charge in [-0.1, -0.05) is 26.7 Å². The maximum absolute atomic E-state index is 14.4. The Bertz CT molecular complexity index is 817. The largest absolute Gasteiger partial charge is 0.493 e. The van der Waals surface area contributed by atoms with E-state index in [1.807, 2.05) is 0 Å². The van der Waals surface area contributed by atoms with Crippen molar-refractivity contribution in [2.24, 2.45) is 5.92 Å². The Balaban J connectivity index is 1.78. The number of halogens is 1. The zero-order chi connectivity index (χ0) is 19.2. The average Bonchev–Trinajstić information content (AvgIpc) is 2.67. The van der Waals surface area contributed by atoms with E-state index in [9.17, 15) is 9.18 Å². The Morgan fingerprint density at radius 3 is 2.78 bits per heavy atom. The van der Waals surface area contributed by atoms with Gasteiger partial charge in [0.05, 0.1) is 17.9 Å². The Hall–Kier alpha value is -1.60. The van der Waals surface area contributed by atoms with E-state index in [4.69, 9.17) is 9.47 Å². The van der Waals surface area contributed by atoms with Crippen molar-refractivity contribution < 1.29 is 13.9 Å². The Morgan fingerprint density at radius 1 is 1.33 bits per heavy atom. The van der Waals surface area contributed by atoms with Crippen LogP contribution in [0.3, 0.4) is 0 Å². The minimum Gasteiger partial charge on any atom is -0.493 e. The number of H-pyrrole nitrogens is 1. The molecular formula is C20H27FN2O3S. The molecule has 1 aliphatic heterocycles. The number of nitrogens with zero attached hydrogens (tertiary/aromatic N) is 1. The summed E-state index contributed by atoms with van der Waals surface area (Å²) in [6.07, 6.45) is 4.03. The number of nitrogens with one attached hydrogen (secondary N) is 1. The monoisotopic (exact) mass is 394 g/mol. The Labute approximate surface area is 163 Å². The van der Waals surface area contributed by atoms with Crippen molar-refractivity contribution in [1.29, 1.82) is 0 Å². The SMILES string of the molecule is CCC(CC)COc1cc(F)c2c(=O)[nH]c(CSC3CCOCC3)nc2c1. The van der Waals surface area contributed by atoms with Crippen molar-refractivity contribution in [3.63, 3.8) is 0 Å². The molecule has 0 radical (unpaired) electrons. The summed E-state index contributed by atoms with van der Waals surface area (Å²) in [5, 5.41) is 0.496. The average molecular weight is 395 g/mol. The molecule has 1 aromatic heterocycles. The van der Waals surface area contributed by atoms with Crippen LogP contribution in [0.5, 0.6) is 5.75 Å². The topological polar surface area (TPSA) is 64.2 Å². The number of aromatic amines is 1. The van der Waals surface area contributed by atoms with E-state index in [0.29, 0.717) is 40.6 Å².